The molecule has 2 amide bonds. The number of carboxylic acid groups (broad SMARTS) is 1. The van der Waals surface area contributed by atoms with Crippen molar-refractivity contribution in [3.8, 4) is 0 Å². The Labute approximate surface area is 116 Å². The number of benzene rings is 1. The van der Waals surface area contributed by atoms with Crippen LogP contribution >= 0.6 is 0 Å². The lowest BCUT2D eigenvalue weighted by Crippen LogP contribution is -2.44. The topological polar surface area (TPSA) is 70.1 Å². The molecule has 2 fully saturated rings. The molecule has 2 aliphatic rings. The van der Waals surface area contributed by atoms with Crippen LogP contribution in [0.4, 0.5) is 4.79 Å². The van der Waals surface area contributed by atoms with Crippen molar-refractivity contribution >= 4 is 12.0 Å². The van der Waals surface area contributed by atoms with Gasteiger partial charge in [-0.1, -0.05) is 30.3 Å². The van der Waals surface area contributed by atoms with Gasteiger partial charge in [0.05, 0.1) is 6.04 Å². The number of piperidine rings is 1. The normalized spacial score (nSPS) is 25.1. The van der Waals surface area contributed by atoms with Crippen LogP contribution in [-0.2, 0) is 16.2 Å². The third-order valence-corrected chi connectivity index (χ3v) is 3.82. The highest BCUT2D eigenvalue weighted by Crippen LogP contribution is 2.30. The number of carboxylic acids is 1. The number of carbonyl (C=O) groups is 2. The second-order valence-electron chi connectivity index (χ2n) is 5.10. The van der Waals surface area contributed by atoms with Crippen molar-refractivity contribution in [2.24, 2.45) is 0 Å². The van der Waals surface area contributed by atoms with Crippen molar-refractivity contribution in [1.82, 2.24) is 9.96 Å². The van der Waals surface area contributed by atoms with E-state index in [0.717, 1.165) is 5.56 Å². The summed E-state index contributed by atoms with van der Waals surface area (Å²) >= 11 is 0. The minimum absolute atomic E-state index is 0.0400. The highest BCUT2D eigenvalue weighted by atomic mass is 16.7. The number of rotatable bonds is 4. The van der Waals surface area contributed by atoms with Gasteiger partial charge >= 0.3 is 12.0 Å². The van der Waals surface area contributed by atoms with E-state index in [1.807, 2.05) is 30.3 Å². The van der Waals surface area contributed by atoms with Crippen LogP contribution in [0.1, 0.15) is 18.4 Å². The van der Waals surface area contributed by atoms with Gasteiger partial charge in [0.2, 0.25) is 0 Å². The maximum absolute atomic E-state index is 12.2. The van der Waals surface area contributed by atoms with E-state index in [1.54, 1.807) is 0 Å². The fourth-order valence-corrected chi connectivity index (χ4v) is 2.77. The molecule has 1 N–H and O–H groups in total. The molecule has 0 aromatic heterocycles. The third-order valence-electron chi connectivity index (χ3n) is 3.82. The number of urea groups is 1. The van der Waals surface area contributed by atoms with Gasteiger partial charge in [0, 0.05) is 6.54 Å². The van der Waals surface area contributed by atoms with Crippen LogP contribution < -0.4 is 0 Å². The number of carbonyl (C=O) groups excluding carboxylic acids is 1. The van der Waals surface area contributed by atoms with E-state index in [4.69, 9.17) is 9.94 Å². The second kappa shape index (κ2) is 5.13. The van der Waals surface area contributed by atoms with E-state index in [-0.39, 0.29) is 12.1 Å². The van der Waals surface area contributed by atoms with Crippen molar-refractivity contribution in [3.63, 3.8) is 0 Å². The zero-order chi connectivity index (χ0) is 14.1. The quantitative estimate of drug-likeness (QED) is 0.904. The van der Waals surface area contributed by atoms with Crippen molar-refractivity contribution < 1.29 is 19.5 Å². The first-order valence-corrected chi connectivity index (χ1v) is 6.66. The van der Waals surface area contributed by atoms with E-state index in [1.165, 1.54) is 9.96 Å². The van der Waals surface area contributed by atoms with Crippen molar-refractivity contribution in [2.45, 2.75) is 31.5 Å². The van der Waals surface area contributed by atoms with Crippen LogP contribution in [0, 0.1) is 0 Å². The summed E-state index contributed by atoms with van der Waals surface area (Å²) in [5.41, 5.74) is 0.978. The molecule has 2 aliphatic heterocycles. The van der Waals surface area contributed by atoms with E-state index in [2.05, 4.69) is 0 Å². The minimum atomic E-state index is -0.943. The lowest BCUT2D eigenvalue weighted by atomic mass is 10.0. The van der Waals surface area contributed by atoms with Gasteiger partial charge < -0.3 is 10.0 Å². The molecule has 1 unspecified atom stereocenters. The monoisotopic (exact) mass is 276 g/mol. The van der Waals surface area contributed by atoms with Gasteiger partial charge in [0.25, 0.3) is 0 Å². The minimum Gasteiger partial charge on any atom is -0.480 e. The molecule has 0 spiro atoms. The van der Waals surface area contributed by atoms with Gasteiger partial charge in [-0.15, -0.1) is 0 Å². The third kappa shape index (κ3) is 2.22. The molecule has 2 atom stereocenters. The second-order valence-corrected chi connectivity index (χ2v) is 5.10. The zero-order valence-corrected chi connectivity index (χ0v) is 10.9. The summed E-state index contributed by atoms with van der Waals surface area (Å²) in [4.78, 5) is 30.3. The Morgan fingerprint density at radius 3 is 2.75 bits per heavy atom. The van der Waals surface area contributed by atoms with Crippen molar-refractivity contribution in [3.05, 3.63) is 35.9 Å². The van der Waals surface area contributed by atoms with Crippen LogP contribution in [-0.4, -0.2) is 45.7 Å². The fraction of sp³-hybridized carbons (Fsp3) is 0.429. The first-order chi connectivity index (χ1) is 9.66. The zero-order valence-electron chi connectivity index (χ0n) is 10.9. The molecule has 6 heteroatoms. The molecule has 3 rings (SSSR count). The smallest absolute Gasteiger partial charge is 0.345 e. The van der Waals surface area contributed by atoms with E-state index in [0.29, 0.717) is 26.0 Å². The van der Waals surface area contributed by atoms with Gasteiger partial charge in [-0.05, 0) is 18.4 Å². The molecule has 2 saturated heterocycles. The summed E-state index contributed by atoms with van der Waals surface area (Å²) in [5, 5.41) is 10.5. The first-order valence-electron chi connectivity index (χ1n) is 6.66. The van der Waals surface area contributed by atoms with Crippen molar-refractivity contribution in [2.75, 3.05) is 6.54 Å². The van der Waals surface area contributed by atoms with E-state index < -0.39 is 12.0 Å². The number of hydroxylamine groups is 2. The fourth-order valence-electron chi connectivity index (χ4n) is 2.77. The molecule has 0 aliphatic carbocycles. The standard InChI is InChI=1S/C14H16N2O4/c17-13(18)12-7-6-11-8-15(12)14(19)16(11)20-9-10-4-2-1-3-5-10/h1-5,11-12H,6-9H2,(H,17,18)/t11?,12-/m0/s1. The molecule has 0 radical (unpaired) electrons. The number of amides is 2. The number of hydrogen-bond donors (Lipinski definition) is 1. The molecule has 0 saturated carbocycles. The summed E-state index contributed by atoms with van der Waals surface area (Å²) in [6.07, 6.45) is 1.14. The highest BCUT2D eigenvalue weighted by molar-refractivity contribution is 5.84. The Kier molecular flexibility index (Phi) is 3.31. The number of aliphatic carboxylic acids is 1. The predicted molar refractivity (Wildman–Crippen MR) is 69.6 cm³/mol. The highest BCUT2D eigenvalue weighted by Gasteiger charge is 2.47. The summed E-state index contributed by atoms with van der Waals surface area (Å²) in [6, 6.07) is 8.49. The van der Waals surface area contributed by atoms with Crippen LogP contribution in [0.3, 0.4) is 0 Å². The van der Waals surface area contributed by atoms with Gasteiger partial charge in [-0.2, -0.15) is 5.06 Å². The van der Waals surface area contributed by atoms with E-state index in [9.17, 15) is 9.59 Å². The maximum Gasteiger partial charge on any atom is 0.345 e. The SMILES string of the molecule is O=C(O)[C@@H]1CCC2CN1C(=O)N2OCc1ccccc1. The van der Waals surface area contributed by atoms with Crippen LogP contribution in [0.5, 0.6) is 0 Å². The largest absolute Gasteiger partial charge is 0.480 e. The molecular formula is C14H16N2O4. The summed E-state index contributed by atoms with van der Waals surface area (Å²) in [7, 11) is 0. The molecule has 106 valence electrons. The molecule has 1 aromatic carbocycles. The molecule has 6 nitrogen and oxygen atoms in total. The van der Waals surface area contributed by atoms with Gasteiger partial charge in [-0.3, -0.25) is 4.84 Å². The summed E-state index contributed by atoms with van der Waals surface area (Å²) in [6.45, 7) is 0.749. The Morgan fingerprint density at radius 1 is 1.30 bits per heavy atom. The Hall–Kier alpha value is -2.08. The van der Waals surface area contributed by atoms with E-state index >= 15 is 0 Å². The van der Waals surface area contributed by atoms with Crippen LogP contribution in [0.15, 0.2) is 30.3 Å². The Morgan fingerprint density at radius 2 is 2.05 bits per heavy atom. The number of fused-ring (bicyclic) bond motifs is 2. The Balaban J connectivity index is 1.67. The number of nitrogens with zero attached hydrogens (tertiary/aromatic N) is 2. The average Bonchev–Trinajstić information content (AvgIpc) is 2.70. The average molecular weight is 276 g/mol. The molecule has 20 heavy (non-hydrogen) atoms. The maximum atomic E-state index is 12.2. The van der Waals surface area contributed by atoms with Gasteiger partial charge in [-0.25, -0.2) is 9.59 Å². The predicted octanol–water partition coefficient (Wildman–Crippen LogP) is 1.47. The Bertz CT molecular complexity index is 519. The first kappa shape index (κ1) is 12.9. The van der Waals surface area contributed by atoms with Gasteiger partial charge in [0.1, 0.15) is 12.6 Å². The number of hydrogen-bond acceptors (Lipinski definition) is 3. The van der Waals surface area contributed by atoms with Gasteiger partial charge in [0.15, 0.2) is 0 Å². The molecule has 2 bridgehead atoms. The van der Waals surface area contributed by atoms with Crippen LogP contribution in [0.2, 0.25) is 0 Å². The summed E-state index contributed by atoms with van der Waals surface area (Å²) < 4.78 is 0. The molecular weight excluding hydrogens is 260 g/mol. The summed E-state index contributed by atoms with van der Waals surface area (Å²) in [5.74, 6) is -0.943. The van der Waals surface area contributed by atoms with Crippen LogP contribution in [0.25, 0.3) is 0 Å². The lowest BCUT2D eigenvalue weighted by Gasteiger charge is -2.26. The molecule has 2 heterocycles. The lowest BCUT2D eigenvalue weighted by molar-refractivity contribution is -0.143. The molecule has 1 aromatic rings. The van der Waals surface area contributed by atoms with Crippen molar-refractivity contribution in [1.29, 1.82) is 0 Å².